The topological polar surface area (TPSA) is 58.2 Å². The first kappa shape index (κ1) is 19.6. The number of carbonyl (C=O) groups is 2. The van der Waals surface area contributed by atoms with Gasteiger partial charge in [-0.15, -0.1) is 0 Å². The normalized spacial score (nSPS) is 17.1. The van der Waals surface area contributed by atoms with E-state index in [1.807, 2.05) is 44.2 Å². The van der Waals surface area contributed by atoms with Crippen LogP contribution in [0.2, 0.25) is 0 Å². The molecule has 1 aliphatic carbocycles. The molecule has 0 saturated carbocycles. The average molecular weight is 429 g/mol. The summed E-state index contributed by atoms with van der Waals surface area (Å²) in [6, 6.07) is 14.9. The maximum atomic E-state index is 13.0. The summed E-state index contributed by atoms with van der Waals surface area (Å²) < 4.78 is 0.714. The molecule has 1 aliphatic rings. The summed E-state index contributed by atoms with van der Waals surface area (Å²) in [5.41, 5.74) is 3.02. The van der Waals surface area contributed by atoms with E-state index in [1.54, 1.807) is 6.07 Å². The third-order valence-electron chi connectivity index (χ3n) is 5.04. The molecule has 2 amide bonds. The number of hydrogen-bond acceptors (Lipinski definition) is 2. The van der Waals surface area contributed by atoms with E-state index in [0.717, 1.165) is 19.3 Å². The van der Waals surface area contributed by atoms with E-state index in [1.165, 1.54) is 11.1 Å². The Morgan fingerprint density at radius 1 is 1.07 bits per heavy atom. The van der Waals surface area contributed by atoms with Crippen molar-refractivity contribution in [1.29, 1.82) is 0 Å². The number of halogens is 1. The van der Waals surface area contributed by atoms with Crippen LogP contribution < -0.4 is 10.6 Å². The van der Waals surface area contributed by atoms with Gasteiger partial charge in [-0.25, -0.2) is 0 Å². The molecule has 27 heavy (non-hydrogen) atoms. The van der Waals surface area contributed by atoms with Gasteiger partial charge in [0, 0.05) is 4.47 Å². The monoisotopic (exact) mass is 428 g/mol. The quantitative estimate of drug-likeness (QED) is 0.741. The van der Waals surface area contributed by atoms with Crippen LogP contribution in [0.1, 0.15) is 54.2 Å². The summed E-state index contributed by atoms with van der Waals surface area (Å²) >= 11 is 3.40. The summed E-state index contributed by atoms with van der Waals surface area (Å²) in [6.45, 7) is 3.89. The van der Waals surface area contributed by atoms with E-state index in [2.05, 4.69) is 38.7 Å². The van der Waals surface area contributed by atoms with Gasteiger partial charge in [0.05, 0.1) is 11.6 Å². The lowest BCUT2D eigenvalue weighted by molar-refractivity contribution is -0.124. The zero-order valence-electron chi connectivity index (χ0n) is 15.7. The summed E-state index contributed by atoms with van der Waals surface area (Å²) in [5.74, 6) is -0.400. The lowest BCUT2D eigenvalue weighted by Gasteiger charge is -2.29. The Labute approximate surface area is 168 Å². The molecule has 2 N–H and O–H groups in total. The highest BCUT2D eigenvalue weighted by Gasteiger charge is 2.29. The molecule has 0 saturated heterocycles. The van der Waals surface area contributed by atoms with E-state index in [-0.39, 0.29) is 23.8 Å². The second kappa shape index (κ2) is 8.70. The number of aryl methyl sites for hydroxylation is 1. The average Bonchev–Trinajstić information content (AvgIpc) is 2.66. The molecule has 0 fully saturated rings. The minimum Gasteiger partial charge on any atom is -0.347 e. The van der Waals surface area contributed by atoms with E-state index >= 15 is 0 Å². The van der Waals surface area contributed by atoms with Crippen molar-refractivity contribution in [3.63, 3.8) is 0 Å². The second-order valence-corrected chi connectivity index (χ2v) is 8.18. The van der Waals surface area contributed by atoms with Gasteiger partial charge in [0.1, 0.15) is 6.04 Å². The van der Waals surface area contributed by atoms with Crippen LogP contribution in [0.3, 0.4) is 0 Å². The summed E-state index contributed by atoms with van der Waals surface area (Å²) in [6.07, 6.45) is 3.03. The lowest BCUT2D eigenvalue weighted by atomic mass is 9.87. The molecule has 0 bridgehead atoms. The molecular formula is C22H25BrN2O2. The molecule has 0 aromatic heterocycles. The zero-order chi connectivity index (χ0) is 19.4. The van der Waals surface area contributed by atoms with Crippen LogP contribution in [0.4, 0.5) is 0 Å². The maximum absolute atomic E-state index is 13.0. The fourth-order valence-electron chi connectivity index (χ4n) is 3.56. The van der Waals surface area contributed by atoms with E-state index in [9.17, 15) is 9.59 Å². The minimum absolute atomic E-state index is 0.00376. The first-order valence-corrected chi connectivity index (χ1v) is 10.2. The molecule has 3 rings (SSSR count). The van der Waals surface area contributed by atoms with Crippen molar-refractivity contribution in [3.05, 3.63) is 69.7 Å². The highest BCUT2D eigenvalue weighted by Crippen LogP contribution is 2.29. The Morgan fingerprint density at radius 2 is 1.78 bits per heavy atom. The van der Waals surface area contributed by atoms with Crippen molar-refractivity contribution in [2.24, 2.45) is 5.92 Å². The molecule has 0 spiro atoms. The highest BCUT2D eigenvalue weighted by atomic mass is 79.9. The second-order valence-electron chi connectivity index (χ2n) is 7.33. The predicted octanol–water partition coefficient (Wildman–Crippen LogP) is 4.40. The Kier molecular flexibility index (Phi) is 6.32. The standard InChI is InChI=1S/C22H25BrN2O2/c1-14(2)20(25-21(26)17-11-5-6-12-18(17)23)22(27)24-19-13-7-9-15-8-3-4-10-16(15)19/h3-6,8,10-12,14,19-20H,7,9,13H2,1-2H3,(H,24,27)(H,25,26)/t19-,20+/m1/s1. The van der Waals surface area contributed by atoms with Gasteiger partial charge in [0.25, 0.3) is 5.91 Å². The molecule has 0 heterocycles. The van der Waals surface area contributed by atoms with Crippen molar-refractivity contribution < 1.29 is 9.59 Å². The van der Waals surface area contributed by atoms with Gasteiger partial charge >= 0.3 is 0 Å². The van der Waals surface area contributed by atoms with Gasteiger partial charge in [0.2, 0.25) is 5.91 Å². The molecule has 5 heteroatoms. The summed E-state index contributed by atoms with van der Waals surface area (Å²) in [7, 11) is 0. The Balaban J connectivity index is 1.73. The fraction of sp³-hybridized carbons (Fsp3) is 0.364. The molecule has 4 nitrogen and oxygen atoms in total. The zero-order valence-corrected chi connectivity index (χ0v) is 17.3. The number of fused-ring (bicyclic) bond motifs is 1. The van der Waals surface area contributed by atoms with Gasteiger partial charge in [0.15, 0.2) is 0 Å². The molecule has 2 aromatic carbocycles. The highest BCUT2D eigenvalue weighted by molar-refractivity contribution is 9.10. The molecule has 142 valence electrons. The van der Waals surface area contributed by atoms with Gasteiger partial charge in [-0.1, -0.05) is 50.2 Å². The molecule has 0 aliphatic heterocycles. The predicted molar refractivity (Wildman–Crippen MR) is 110 cm³/mol. The SMILES string of the molecule is CC(C)[C@H](NC(=O)c1ccccc1Br)C(=O)N[C@@H]1CCCc2ccccc21. The van der Waals surface area contributed by atoms with Crippen molar-refractivity contribution in [1.82, 2.24) is 10.6 Å². The largest absolute Gasteiger partial charge is 0.347 e. The number of hydrogen-bond donors (Lipinski definition) is 2. The van der Waals surface area contributed by atoms with Crippen LogP contribution in [0.25, 0.3) is 0 Å². The first-order valence-electron chi connectivity index (χ1n) is 9.41. The van der Waals surface area contributed by atoms with Gasteiger partial charge < -0.3 is 10.6 Å². The lowest BCUT2D eigenvalue weighted by Crippen LogP contribution is -2.50. The number of carbonyl (C=O) groups excluding carboxylic acids is 2. The third-order valence-corrected chi connectivity index (χ3v) is 5.73. The van der Waals surface area contributed by atoms with Crippen LogP contribution in [0.15, 0.2) is 53.0 Å². The molecule has 2 aromatic rings. The van der Waals surface area contributed by atoms with Crippen LogP contribution in [-0.4, -0.2) is 17.9 Å². The molecule has 2 atom stereocenters. The van der Waals surface area contributed by atoms with Crippen molar-refractivity contribution in [3.8, 4) is 0 Å². The van der Waals surface area contributed by atoms with Crippen LogP contribution in [0, 0.1) is 5.92 Å². The van der Waals surface area contributed by atoms with Gasteiger partial charge in [-0.3, -0.25) is 9.59 Å². The Morgan fingerprint density at radius 3 is 2.52 bits per heavy atom. The Hall–Kier alpha value is -2.14. The van der Waals surface area contributed by atoms with Crippen LogP contribution in [-0.2, 0) is 11.2 Å². The number of benzene rings is 2. The minimum atomic E-state index is -0.585. The smallest absolute Gasteiger partial charge is 0.253 e. The molecule has 0 unspecified atom stereocenters. The van der Waals surface area contributed by atoms with Gasteiger partial charge in [-0.2, -0.15) is 0 Å². The number of nitrogens with one attached hydrogen (secondary N) is 2. The van der Waals surface area contributed by atoms with Crippen molar-refractivity contribution in [2.45, 2.75) is 45.2 Å². The van der Waals surface area contributed by atoms with E-state index in [0.29, 0.717) is 10.0 Å². The van der Waals surface area contributed by atoms with Crippen LogP contribution >= 0.6 is 15.9 Å². The third kappa shape index (κ3) is 4.59. The van der Waals surface area contributed by atoms with Crippen molar-refractivity contribution >= 4 is 27.7 Å². The van der Waals surface area contributed by atoms with E-state index in [4.69, 9.17) is 0 Å². The number of rotatable bonds is 5. The first-order chi connectivity index (χ1) is 13.0. The fourth-order valence-corrected chi connectivity index (χ4v) is 4.03. The maximum Gasteiger partial charge on any atom is 0.253 e. The summed E-state index contributed by atoms with van der Waals surface area (Å²) in [5, 5.41) is 6.07. The molecular weight excluding hydrogens is 404 g/mol. The Bertz CT molecular complexity index is 835. The summed E-state index contributed by atoms with van der Waals surface area (Å²) in [4.78, 5) is 25.6. The number of amides is 2. The van der Waals surface area contributed by atoms with E-state index < -0.39 is 6.04 Å². The van der Waals surface area contributed by atoms with Gasteiger partial charge in [-0.05, 0) is 64.4 Å². The van der Waals surface area contributed by atoms with Crippen molar-refractivity contribution in [2.75, 3.05) is 0 Å². The molecule has 0 radical (unpaired) electrons. The van der Waals surface area contributed by atoms with Crippen LogP contribution in [0.5, 0.6) is 0 Å².